The highest BCUT2D eigenvalue weighted by Crippen LogP contribution is 2.30. The van der Waals surface area contributed by atoms with Crippen molar-refractivity contribution in [2.45, 2.75) is 31.7 Å². The Bertz CT molecular complexity index is 179. The second-order valence-electron chi connectivity index (χ2n) is 3.92. The maximum Gasteiger partial charge on any atom is 0.307 e. The van der Waals surface area contributed by atoms with Crippen LogP contribution in [0.25, 0.3) is 0 Å². The van der Waals surface area contributed by atoms with Crippen LogP contribution in [0.4, 0.5) is 0 Å². The van der Waals surface area contributed by atoms with Crippen LogP contribution < -0.4 is 0 Å². The van der Waals surface area contributed by atoms with Gasteiger partial charge in [-0.3, -0.25) is 9.69 Å². The number of fused-ring (bicyclic) bond motifs is 1. The molecule has 3 heteroatoms. The first-order valence-corrected chi connectivity index (χ1v) is 4.74. The maximum absolute atomic E-state index is 10.7. The van der Waals surface area contributed by atoms with Crippen LogP contribution in [-0.2, 0) is 4.79 Å². The minimum atomic E-state index is -0.607. The molecule has 68 valence electrons. The Balaban J connectivity index is 1.98. The molecule has 2 rings (SSSR count). The highest BCUT2D eigenvalue weighted by atomic mass is 16.4. The minimum Gasteiger partial charge on any atom is -0.481 e. The monoisotopic (exact) mass is 169 g/mol. The SMILES string of the molecule is O=C(O)C1CC2CCCCN2C1. The number of carboxylic acids is 1. The molecule has 2 atom stereocenters. The van der Waals surface area contributed by atoms with Crippen LogP contribution in [0.1, 0.15) is 25.7 Å². The normalized spacial score (nSPS) is 36.3. The molecule has 2 aliphatic rings. The molecule has 2 heterocycles. The van der Waals surface area contributed by atoms with E-state index in [4.69, 9.17) is 5.11 Å². The maximum atomic E-state index is 10.7. The zero-order chi connectivity index (χ0) is 8.55. The van der Waals surface area contributed by atoms with Crippen molar-refractivity contribution in [3.63, 3.8) is 0 Å². The van der Waals surface area contributed by atoms with E-state index in [1.54, 1.807) is 0 Å². The Morgan fingerprint density at radius 2 is 2.25 bits per heavy atom. The molecule has 2 fully saturated rings. The van der Waals surface area contributed by atoms with Crippen LogP contribution >= 0.6 is 0 Å². The number of hydrogen-bond acceptors (Lipinski definition) is 2. The van der Waals surface area contributed by atoms with E-state index in [1.807, 2.05) is 0 Å². The van der Waals surface area contributed by atoms with Crippen molar-refractivity contribution in [3.05, 3.63) is 0 Å². The first-order valence-electron chi connectivity index (χ1n) is 4.74. The summed E-state index contributed by atoms with van der Waals surface area (Å²) < 4.78 is 0. The molecule has 0 aliphatic carbocycles. The van der Waals surface area contributed by atoms with Crippen LogP contribution in [0.5, 0.6) is 0 Å². The van der Waals surface area contributed by atoms with Gasteiger partial charge in [-0.05, 0) is 25.8 Å². The highest BCUT2D eigenvalue weighted by molar-refractivity contribution is 5.70. The van der Waals surface area contributed by atoms with Crippen molar-refractivity contribution in [2.24, 2.45) is 5.92 Å². The Morgan fingerprint density at radius 3 is 2.92 bits per heavy atom. The van der Waals surface area contributed by atoms with E-state index in [9.17, 15) is 4.79 Å². The lowest BCUT2D eigenvalue weighted by molar-refractivity contribution is -0.141. The summed E-state index contributed by atoms with van der Waals surface area (Å²) in [5.41, 5.74) is 0. The van der Waals surface area contributed by atoms with Gasteiger partial charge in [0, 0.05) is 12.6 Å². The molecule has 2 aliphatic heterocycles. The lowest BCUT2D eigenvalue weighted by Gasteiger charge is -2.28. The Labute approximate surface area is 72.4 Å². The Kier molecular flexibility index (Phi) is 2.05. The fraction of sp³-hybridized carbons (Fsp3) is 0.889. The molecule has 2 unspecified atom stereocenters. The third kappa shape index (κ3) is 1.33. The van der Waals surface area contributed by atoms with Gasteiger partial charge in [-0.25, -0.2) is 0 Å². The van der Waals surface area contributed by atoms with Gasteiger partial charge in [0.15, 0.2) is 0 Å². The molecule has 3 nitrogen and oxygen atoms in total. The molecular weight excluding hydrogens is 154 g/mol. The number of aliphatic carboxylic acids is 1. The molecule has 0 bridgehead atoms. The summed E-state index contributed by atoms with van der Waals surface area (Å²) in [5.74, 6) is -0.697. The summed E-state index contributed by atoms with van der Waals surface area (Å²) >= 11 is 0. The van der Waals surface area contributed by atoms with Crippen LogP contribution in [0, 0.1) is 5.92 Å². The van der Waals surface area contributed by atoms with Crippen molar-refractivity contribution >= 4 is 5.97 Å². The standard InChI is InChI=1S/C9H15NO2/c11-9(12)7-5-8-3-1-2-4-10(8)6-7/h7-8H,1-6H2,(H,11,12). The van der Waals surface area contributed by atoms with E-state index >= 15 is 0 Å². The van der Waals surface area contributed by atoms with E-state index in [0.717, 1.165) is 19.5 Å². The van der Waals surface area contributed by atoms with Crippen LogP contribution in [-0.4, -0.2) is 35.1 Å². The smallest absolute Gasteiger partial charge is 0.307 e. The number of hydrogen-bond donors (Lipinski definition) is 1. The van der Waals surface area contributed by atoms with Crippen molar-refractivity contribution < 1.29 is 9.90 Å². The number of piperidine rings is 1. The second-order valence-corrected chi connectivity index (χ2v) is 3.92. The van der Waals surface area contributed by atoms with Crippen molar-refractivity contribution in [3.8, 4) is 0 Å². The number of rotatable bonds is 1. The van der Waals surface area contributed by atoms with E-state index in [1.165, 1.54) is 19.3 Å². The van der Waals surface area contributed by atoms with Gasteiger partial charge in [-0.15, -0.1) is 0 Å². The predicted octanol–water partition coefficient (Wildman–Crippen LogP) is 0.945. The van der Waals surface area contributed by atoms with Gasteiger partial charge in [0.1, 0.15) is 0 Å². The molecule has 12 heavy (non-hydrogen) atoms. The number of carbonyl (C=O) groups is 1. The summed E-state index contributed by atoms with van der Waals surface area (Å²) in [6.07, 6.45) is 4.63. The first kappa shape index (κ1) is 8.05. The van der Waals surface area contributed by atoms with Gasteiger partial charge < -0.3 is 5.11 Å². The summed E-state index contributed by atoms with van der Waals surface area (Å²) in [7, 11) is 0. The van der Waals surface area contributed by atoms with Gasteiger partial charge >= 0.3 is 5.97 Å². The third-order valence-electron chi connectivity index (χ3n) is 3.11. The van der Waals surface area contributed by atoms with E-state index in [-0.39, 0.29) is 5.92 Å². The first-order chi connectivity index (χ1) is 5.77. The minimum absolute atomic E-state index is 0.0897. The van der Waals surface area contributed by atoms with Gasteiger partial charge in [0.25, 0.3) is 0 Å². The van der Waals surface area contributed by atoms with Crippen LogP contribution in [0.2, 0.25) is 0 Å². The third-order valence-corrected chi connectivity index (χ3v) is 3.11. The highest BCUT2D eigenvalue weighted by Gasteiger charge is 2.36. The number of nitrogens with zero attached hydrogens (tertiary/aromatic N) is 1. The molecular formula is C9H15NO2. The van der Waals surface area contributed by atoms with Crippen LogP contribution in [0.15, 0.2) is 0 Å². The lowest BCUT2D eigenvalue weighted by Crippen LogP contribution is -2.34. The summed E-state index contributed by atoms with van der Waals surface area (Å²) in [6.45, 7) is 1.91. The lowest BCUT2D eigenvalue weighted by atomic mass is 10.00. The molecule has 0 aromatic rings. The van der Waals surface area contributed by atoms with Gasteiger partial charge in [-0.1, -0.05) is 6.42 Å². The quantitative estimate of drug-likeness (QED) is 0.635. The molecule has 0 spiro atoms. The zero-order valence-corrected chi connectivity index (χ0v) is 7.20. The molecule has 0 saturated carbocycles. The van der Waals surface area contributed by atoms with Gasteiger partial charge in [0.2, 0.25) is 0 Å². The fourth-order valence-electron chi connectivity index (χ4n) is 2.43. The summed E-state index contributed by atoms with van der Waals surface area (Å²) in [4.78, 5) is 13.1. The van der Waals surface area contributed by atoms with Crippen molar-refractivity contribution in [1.29, 1.82) is 0 Å². The van der Waals surface area contributed by atoms with Gasteiger partial charge in [-0.2, -0.15) is 0 Å². The molecule has 0 radical (unpaired) electrons. The van der Waals surface area contributed by atoms with Crippen molar-refractivity contribution in [2.75, 3.05) is 13.1 Å². The predicted molar refractivity (Wildman–Crippen MR) is 45.0 cm³/mol. The molecule has 0 amide bonds. The average Bonchev–Trinajstić information content (AvgIpc) is 2.46. The fourth-order valence-corrected chi connectivity index (χ4v) is 2.43. The molecule has 0 aromatic heterocycles. The summed E-state index contributed by atoms with van der Waals surface area (Å²) in [6, 6.07) is 0.583. The van der Waals surface area contributed by atoms with E-state index in [2.05, 4.69) is 4.90 Å². The van der Waals surface area contributed by atoms with Gasteiger partial charge in [0.05, 0.1) is 5.92 Å². The summed E-state index contributed by atoms with van der Waals surface area (Å²) in [5, 5.41) is 8.83. The van der Waals surface area contributed by atoms with Crippen LogP contribution in [0.3, 0.4) is 0 Å². The Morgan fingerprint density at radius 1 is 1.42 bits per heavy atom. The zero-order valence-electron chi connectivity index (χ0n) is 7.20. The second kappa shape index (κ2) is 3.05. The average molecular weight is 169 g/mol. The number of carboxylic acid groups (broad SMARTS) is 1. The molecule has 0 aromatic carbocycles. The van der Waals surface area contributed by atoms with Crippen molar-refractivity contribution in [1.82, 2.24) is 4.90 Å². The largest absolute Gasteiger partial charge is 0.481 e. The topological polar surface area (TPSA) is 40.5 Å². The molecule has 1 N–H and O–H groups in total. The van der Waals surface area contributed by atoms with E-state index < -0.39 is 5.97 Å². The Hall–Kier alpha value is -0.570. The molecule has 2 saturated heterocycles. The van der Waals surface area contributed by atoms with E-state index in [0.29, 0.717) is 6.04 Å².